The third-order valence-electron chi connectivity index (χ3n) is 3.37. The molecule has 4 aromatic rings. The Bertz CT molecular complexity index is 911. The summed E-state index contributed by atoms with van der Waals surface area (Å²) in [5.74, 6) is 1.34. The Morgan fingerprint density at radius 2 is 1.95 bits per heavy atom. The van der Waals surface area contributed by atoms with E-state index in [0.717, 1.165) is 22.0 Å². The van der Waals surface area contributed by atoms with E-state index < -0.39 is 0 Å². The number of thiophene rings is 1. The van der Waals surface area contributed by atoms with Crippen molar-refractivity contribution in [3.05, 3.63) is 54.0 Å². The summed E-state index contributed by atoms with van der Waals surface area (Å²) in [7, 11) is 0. The van der Waals surface area contributed by atoms with Crippen molar-refractivity contribution in [3.8, 4) is 22.0 Å². The standard InChI is InChI=1S/C16H12N4S2/c1-21-12-6-4-11(5-7-12)13-8-9-17-16-18-15(19-20(13)16)14-3-2-10-22-14/h2-10H,1H3. The van der Waals surface area contributed by atoms with E-state index in [1.165, 1.54) is 4.90 Å². The molecule has 6 heteroatoms. The predicted molar refractivity (Wildman–Crippen MR) is 91.3 cm³/mol. The average molecular weight is 324 g/mol. The van der Waals surface area contributed by atoms with Gasteiger partial charge in [-0.25, -0.2) is 4.98 Å². The summed E-state index contributed by atoms with van der Waals surface area (Å²) in [4.78, 5) is 11.1. The average Bonchev–Trinajstić information content (AvgIpc) is 3.23. The highest BCUT2D eigenvalue weighted by atomic mass is 32.2. The molecule has 4 rings (SSSR count). The molecule has 1 aromatic carbocycles. The first-order valence-electron chi connectivity index (χ1n) is 6.75. The minimum absolute atomic E-state index is 0.620. The van der Waals surface area contributed by atoms with Crippen molar-refractivity contribution < 1.29 is 0 Å². The van der Waals surface area contributed by atoms with Gasteiger partial charge < -0.3 is 0 Å². The number of rotatable bonds is 3. The van der Waals surface area contributed by atoms with Crippen LogP contribution in [0.1, 0.15) is 0 Å². The lowest BCUT2D eigenvalue weighted by Crippen LogP contribution is -1.95. The summed E-state index contributed by atoms with van der Waals surface area (Å²) in [5.41, 5.74) is 2.10. The van der Waals surface area contributed by atoms with Crippen molar-refractivity contribution in [1.29, 1.82) is 0 Å². The SMILES string of the molecule is CSc1ccc(-c2ccnc3nc(-c4cccs4)nn23)cc1. The largest absolute Gasteiger partial charge is 0.253 e. The second kappa shape index (κ2) is 5.55. The van der Waals surface area contributed by atoms with Crippen molar-refractivity contribution in [3.63, 3.8) is 0 Å². The topological polar surface area (TPSA) is 43.1 Å². The summed E-state index contributed by atoms with van der Waals surface area (Å²) in [6.07, 6.45) is 3.85. The Balaban J connectivity index is 1.86. The fourth-order valence-corrected chi connectivity index (χ4v) is 3.35. The molecule has 0 radical (unpaired) electrons. The molecule has 0 aliphatic rings. The number of thioether (sulfide) groups is 1. The Morgan fingerprint density at radius 3 is 2.68 bits per heavy atom. The lowest BCUT2D eigenvalue weighted by molar-refractivity contribution is 0.952. The zero-order valence-corrected chi connectivity index (χ0v) is 13.4. The fourth-order valence-electron chi connectivity index (χ4n) is 2.28. The Kier molecular flexibility index (Phi) is 3.40. The molecule has 0 saturated carbocycles. The first-order chi connectivity index (χ1) is 10.8. The van der Waals surface area contributed by atoms with Gasteiger partial charge in [0.2, 0.25) is 0 Å². The Labute approximate surface area is 135 Å². The third kappa shape index (κ3) is 2.30. The van der Waals surface area contributed by atoms with E-state index in [4.69, 9.17) is 0 Å². The van der Waals surface area contributed by atoms with Gasteiger partial charge in [-0.15, -0.1) is 28.2 Å². The second-order valence-electron chi connectivity index (χ2n) is 4.68. The molecule has 4 nitrogen and oxygen atoms in total. The van der Waals surface area contributed by atoms with Crippen LogP contribution < -0.4 is 0 Å². The number of hydrogen-bond donors (Lipinski definition) is 0. The monoisotopic (exact) mass is 324 g/mol. The Hall–Kier alpha value is -2.18. The highest BCUT2D eigenvalue weighted by Crippen LogP contribution is 2.25. The number of fused-ring (bicyclic) bond motifs is 1. The maximum Gasteiger partial charge on any atom is 0.253 e. The first kappa shape index (κ1) is 13.5. The van der Waals surface area contributed by atoms with Gasteiger partial charge in [0, 0.05) is 16.7 Å². The molecular formula is C16H12N4S2. The van der Waals surface area contributed by atoms with Gasteiger partial charge in [0.1, 0.15) is 0 Å². The lowest BCUT2D eigenvalue weighted by atomic mass is 10.1. The van der Waals surface area contributed by atoms with E-state index in [1.807, 2.05) is 28.1 Å². The van der Waals surface area contributed by atoms with E-state index >= 15 is 0 Å². The van der Waals surface area contributed by atoms with Crippen molar-refractivity contribution >= 4 is 28.9 Å². The highest BCUT2D eigenvalue weighted by molar-refractivity contribution is 7.98. The third-order valence-corrected chi connectivity index (χ3v) is 4.98. The van der Waals surface area contributed by atoms with Crippen LogP contribution in [0.25, 0.3) is 27.7 Å². The maximum absolute atomic E-state index is 4.62. The Morgan fingerprint density at radius 1 is 1.09 bits per heavy atom. The normalized spacial score (nSPS) is 11.1. The smallest absolute Gasteiger partial charge is 0.220 e. The summed E-state index contributed by atoms with van der Waals surface area (Å²) in [6.45, 7) is 0. The molecule has 0 atom stereocenters. The van der Waals surface area contributed by atoms with Gasteiger partial charge >= 0.3 is 0 Å². The molecule has 3 aromatic heterocycles. The minimum Gasteiger partial charge on any atom is -0.220 e. The molecule has 108 valence electrons. The van der Waals surface area contributed by atoms with Crippen molar-refractivity contribution in [2.24, 2.45) is 0 Å². The highest BCUT2D eigenvalue weighted by Gasteiger charge is 2.11. The molecule has 0 saturated heterocycles. The molecule has 22 heavy (non-hydrogen) atoms. The van der Waals surface area contributed by atoms with Crippen molar-refractivity contribution in [2.75, 3.05) is 6.26 Å². The van der Waals surface area contributed by atoms with E-state index in [1.54, 1.807) is 29.3 Å². The van der Waals surface area contributed by atoms with Crippen LogP contribution in [0.2, 0.25) is 0 Å². The molecule has 0 aliphatic heterocycles. The van der Waals surface area contributed by atoms with Crippen molar-refractivity contribution in [2.45, 2.75) is 4.90 Å². The van der Waals surface area contributed by atoms with Gasteiger partial charge in [-0.2, -0.15) is 9.50 Å². The van der Waals surface area contributed by atoms with Crippen LogP contribution in [0.15, 0.2) is 58.9 Å². The van der Waals surface area contributed by atoms with E-state index in [2.05, 4.69) is 45.6 Å². The molecule has 0 spiro atoms. The zero-order chi connectivity index (χ0) is 14.9. The second-order valence-corrected chi connectivity index (χ2v) is 6.51. The summed E-state index contributed by atoms with van der Waals surface area (Å²) in [5, 5.41) is 6.65. The van der Waals surface area contributed by atoms with E-state index in [-0.39, 0.29) is 0 Å². The molecule has 0 N–H and O–H groups in total. The van der Waals surface area contributed by atoms with Crippen LogP contribution in [0.5, 0.6) is 0 Å². The zero-order valence-electron chi connectivity index (χ0n) is 11.8. The fraction of sp³-hybridized carbons (Fsp3) is 0.0625. The van der Waals surface area contributed by atoms with Crippen molar-refractivity contribution in [1.82, 2.24) is 19.6 Å². The van der Waals surface area contributed by atoms with Crippen LogP contribution in [-0.2, 0) is 0 Å². The lowest BCUT2D eigenvalue weighted by Gasteiger charge is -2.04. The van der Waals surface area contributed by atoms with E-state index in [0.29, 0.717) is 5.78 Å². The van der Waals surface area contributed by atoms with Gasteiger partial charge in [-0.05, 0) is 35.9 Å². The molecule has 0 aliphatic carbocycles. The molecule has 3 heterocycles. The summed E-state index contributed by atoms with van der Waals surface area (Å²) >= 11 is 3.36. The number of benzene rings is 1. The molecule has 0 fully saturated rings. The molecule has 0 unspecified atom stereocenters. The van der Waals surface area contributed by atoms with Gasteiger partial charge in [0.25, 0.3) is 5.78 Å². The van der Waals surface area contributed by atoms with Gasteiger partial charge in [-0.1, -0.05) is 18.2 Å². The number of hydrogen-bond acceptors (Lipinski definition) is 5. The summed E-state index contributed by atoms with van der Waals surface area (Å²) in [6, 6.07) is 14.4. The predicted octanol–water partition coefficient (Wildman–Crippen LogP) is 4.24. The molecular weight excluding hydrogens is 312 g/mol. The molecule has 0 amide bonds. The van der Waals surface area contributed by atoms with Gasteiger partial charge in [0.15, 0.2) is 5.82 Å². The van der Waals surface area contributed by atoms with E-state index in [9.17, 15) is 0 Å². The number of aromatic nitrogens is 4. The van der Waals surface area contributed by atoms with Crippen LogP contribution in [-0.4, -0.2) is 25.8 Å². The maximum atomic E-state index is 4.62. The van der Waals surface area contributed by atoms with Crippen LogP contribution >= 0.6 is 23.1 Å². The van der Waals surface area contributed by atoms with Crippen LogP contribution in [0, 0.1) is 0 Å². The summed E-state index contributed by atoms with van der Waals surface area (Å²) < 4.78 is 1.81. The first-order valence-corrected chi connectivity index (χ1v) is 8.86. The minimum atomic E-state index is 0.620. The van der Waals surface area contributed by atoms with Gasteiger partial charge in [0.05, 0.1) is 10.6 Å². The number of nitrogens with zero attached hydrogens (tertiary/aromatic N) is 4. The quantitative estimate of drug-likeness (QED) is 0.529. The van der Waals surface area contributed by atoms with Gasteiger partial charge in [-0.3, -0.25) is 0 Å². The van der Waals surface area contributed by atoms with Crippen LogP contribution in [0.4, 0.5) is 0 Å². The molecule has 0 bridgehead atoms. The van der Waals surface area contributed by atoms with Crippen LogP contribution in [0.3, 0.4) is 0 Å².